The molecular formula is C14H18F3N3O3. The highest BCUT2D eigenvalue weighted by Gasteiger charge is 2.34. The number of nitro benzene ring substituents is 1. The Kier molecular flexibility index (Phi) is 6.08. The van der Waals surface area contributed by atoms with E-state index in [9.17, 15) is 28.1 Å². The molecule has 1 rings (SSSR count). The number of carbonyl (C=O) groups is 1. The number of amides is 1. The fourth-order valence-electron chi connectivity index (χ4n) is 1.88. The van der Waals surface area contributed by atoms with Crippen LogP contribution in [0.2, 0.25) is 0 Å². The summed E-state index contributed by atoms with van der Waals surface area (Å²) in [6, 6.07) is 1.59. The van der Waals surface area contributed by atoms with E-state index in [1.54, 1.807) is 6.92 Å². The number of hydrogen-bond acceptors (Lipinski definition) is 4. The lowest BCUT2D eigenvalue weighted by atomic mass is 10.1. The molecule has 0 aromatic heterocycles. The third-order valence-corrected chi connectivity index (χ3v) is 3.15. The Morgan fingerprint density at radius 1 is 1.39 bits per heavy atom. The Hall–Kier alpha value is -2.16. The molecule has 23 heavy (non-hydrogen) atoms. The number of halogens is 3. The van der Waals surface area contributed by atoms with E-state index >= 15 is 0 Å². The lowest BCUT2D eigenvalue weighted by Gasteiger charge is -2.17. The fraction of sp³-hybridized carbons (Fsp3) is 0.500. The Balaban J connectivity index is 2.98. The van der Waals surface area contributed by atoms with Crippen LogP contribution < -0.4 is 5.32 Å². The fourth-order valence-corrected chi connectivity index (χ4v) is 1.88. The molecule has 0 aliphatic heterocycles. The molecule has 9 heteroatoms. The number of carbonyl (C=O) groups excluding carboxylic acids is 1. The number of alkyl halides is 3. The second-order valence-corrected chi connectivity index (χ2v) is 5.45. The number of benzene rings is 1. The van der Waals surface area contributed by atoms with E-state index in [0.29, 0.717) is 25.1 Å². The van der Waals surface area contributed by atoms with E-state index in [1.165, 1.54) is 0 Å². The maximum Gasteiger partial charge on any atom is 0.416 e. The Morgan fingerprint density at radius 3 is 2.48 bits per heavy atom. The maximum absolute atomic E-state index is 12.6. The monoisotopic (exact) mass is 333 g/mol. The minimum Gasteiger partial charge on any atom is -0.349 e. The van der Waals surface area contributed by atoms with Crippen LogP contribution in [0.3, 0.4) is 0 Å². The van der Waals surface area contributed by atoms with Gasteiger partial charge in [0.1, 0.15) is 5.56 Å². The van der Waals surface area contributed by atoms with Gasteiger partial charge in [-0.25, -0.2) is 0 Å². The molecule has 1 aromatic rings. The van der Waals surface area contributed by atoms with Crippen molar-refractivity contribution in [3.8, 4) is 0 Å². The first-order valence-electron chi connectivity index (χ1n) is 6.83. The van der Waals surface area contributed by atoms with Crippen LogP contribution in [0.25, 0.3) is 0 Å². The zero-order valence-corrected chi connectivity index (χ0v) is 13.0. The standard InChI is InChI=1S/C14H18F3N3O3/c1-9(6-7-19(2)3)18-13(21)11-5-4-10(14(15,16)17)8-12(11)20(22)23/h4-5,8-9H,6-7H2,1-3H3,(H,18,21). The number of nitrogens with zero attached hydrogens (tertiary/aromatic N) is 2. The van der Waals surface area contributed by atoms with Crippen molar-refractivity contribution in [1.29, 1.82) is 0 Å². The second-order valence-electron chi connectivity index (χ2n) is 5.45. The quantitative estimate of drug-likeness (QED) is 0.641. The molecule has 1 aromatic carbocycles. The van der Waals surface area contributed by atoms with E-state index < -0.39 is 28.3 Å². The lowest BCUT2D eigenvalue weighted by Crippen LogP contribution is -2.35. The van der Waals surface area contributed by atoms with Crippen molar-refractivity contribution in [3.63, 3.8) is 0 Å². The van der Waals surface area contributed by atoms with Gasteiger partial charge in [0.25, 0.3) is 11.6 Å². The summed E-state index contributed by atoms with van der Waals surface area (Å²) in [4.78, 5) is 23.9. The van der Waals surface area contributed by atoms with E-state index in [0.717, 1.165) is 6.07 Å². The van der Waals surface area contributed by atoms with Crippen LogP contribution in [0.15, 0.2) is 18.2 Å². The van der Waals surface area contributed by atoms with Gasteiger partial charge in [0, 0.05) is 12.1 Å². The van der Waals surface area contributed by atoms with E-state index in [2.05, 4.69) is 5.32 Å². The van der Waals surface area contributed by atoms with Gasteiger partial charge in [-0.05, 0) is 46.1 Å². The molecule has 0 spiro atoms. The molecule has 0 saturated carbocycles. The molecule has 0 heterocycles. The predicted octanol–water partition coefficient (Wildman–Crippen LogP) is 2.68. The van der Waals surface area contributed by atoms with Gasteiger partial charge in [-0.15, -0.1) is 0 Å². The summed E-state index contributed by atoms with van der Waals surface area (Å²) >= 11 is 0. The van der Waals surface area contributed by atoms with Gasteiger partial charge in [0.05, 0.1) is 10.5 Å². The molecule has 0 bridgehead atoms. The highest BCUT2D eigenvalue weighted by atomic mass is 19.4. The minimum absolute atomic E-state index is 0.271. The van der Waals surface area contributed by atoms with Gasteiger partial charge in [0.2, 0.25) is 0 Å². The van der Waals surface area contributed by atoms with Crippen LogP contribution in [-0.4, -0.2) is 42.4 Å². The van der Waals surface area contributed by atoms with Crippen LogP contribution in [0.4, 0.5) is 18.9 Å². The van der Waals surface area contributed by atoms with E-state index in [4.69, 9.17) is 0 Å². The van der Waals surface area contributed by atoms with Gasteiger partial charge in [0.15, 0.2) is 0 Å². The van der Waals surface area contributed by atoms with Crippen molar-refractivity contribution < 1.29 is 22.9 Å². The molecule has 6 nitrogen and oxygen atoms in total. The first-order chi connectivity index (χ1) is 10.5. The van der Waals surface area contributed by atoms with Crippen LogP contribution >= 0.6 is 0 Å². The molecule has 1 atom stereocenters. The first-order valence-corrected chi connectivity index (χ1v) is 6.83. The second kappa shape index (κ2) is 7.40. The van der Waals surface area contributed by atoms with Gasteiger partial charge >= 0.3 is 6.18 Å². The van der Waals surface area contributed by atoms with Gasteiger partial charge in [-0.3, -0.25) is 14.9 Å². The van der Waals surface area contributed by atoms with Crippen molar-refractivity contribution in [2.75, 3.05) is 20.6 Å². The van der Waals surface area contributed by atoms with Crippen molar-refractivity contribution in [2.24, 2.45) is 0 Å². The zero-order chi connectivity index (χ0) is 17.8. The molecule has 0 aliphatic carbocycles. The number of nitrogens with one attached hydrogen (secondary N) is 1. The van der Waals surface area contributed by atoms with Crippen molar-refractivity contribution in [2.45, 2.75) is 25.6 Å². The van der Waals surface area contributed by atoms with Crippen LogP contribution in [0.5, 0.6) is 0 Å². The zero-order valence-electron chi connectivity index (χ0n) is 13.0. The number of rotatable bonds is 6. The molecular weight excluding hydrogens is 315 g/mol. The molecule has 0 aliphatic rings. The molecule has 128 valence electrons. The van der Waals surface area contributed by atoms with Crippen LogP contribution in [-0.2, 0) is 6.18 Å². The maximum atomic E-state index is 12.6. The average Bonchev–Trinajstić information content (AvgIpc) is 2.43. The number of hydrogen-bond donors (Lipinski definition) is 1. The average molecular weight is 333 g/mol. The molecule has 1 amide bonds. The lowest BCUT2D eigenvalue weighted by molar-refractivity contribution is -0.385. The highest BCUT2D eigenvalue weighted by Crippen LogP contribution is 2.33. The van der Waals surface area contributed by atoms with Gasteiger partial charge in [-0.2, -0.15) is 13.2 Å². The number of nitro groups is 1. The van der Waals surface area contributed by atoms with Crippen LogP contribution in [0.1, 0.15) is 29.3 Å². The van der Waals surface area contributed by atoms with Crippen LogP contribution in [0, 0.1) is 10.1 Å². The Bertz CT molecular complexity index is 588. The summed E-state index contributed by atoms with van der Waals surface area (Å²) in [5, 5.41) is 13.5. The summed E-state index contributed by atoms with van der Waals surface area (Å²) in [5.74, 6) is -0.767. The predicted molar refractivity (Wildman–Crippen MR) is 78.2 cm³/mol. The smallest absolute Gasteiger partial charge is 0.349 e. The van der Waals surface area contributed by atoms with Crippen molar-refractivity contribution in [3.05, 3.63) is 39.4 Å². The summed E-state index contributed by atoms with van der Waals surface area (Å²) in [6.45, 7) is 2.41. The van der Waals surface area contributed by atoms with Gasteiger partial charge < -0.3 is 10.2 Å². The molecule has 0 fully saturated rings. The Labute approximate surface area is 131 Å². The topological polar surface area (TPSA) is 75.5 Å². The molecule has 0 saturated heterocycles. The van der Waals surface area contributed by atoms with E-state index in [1.807, 2.05) is 19.0 Å². The molecule has 1 unspecified atom stereocenters. The summed E-state index contributed by atoms with van der Waals surface area (Å²) in [5.41, 5.74) is -2.42. The Morgan fingerprint density at radius 2 is 2.00 bits per heavy atom. The van der Waals surface area contributed by atoms with Crippen molar-refractivity contribution >= 4 is 11.6 Å². The third kappa shape index (κ3) is 5.51. The molecule has 0 radical (unpaired) electrons. The third-order valence-electron chi connectivity index (χ3n) is 3.15. The van der Waals surface area contributed by atoms with Crippen molar-refractivity contribution in [1.82, 2.24) is 10.2 Å². The first kappa shape index (κ1) is 18.9. The SMILES string of the molecule is CC(CCN(C)C)NC(=O)c1ccc(C(F)(F)F)cc1[N+](=O)[O-]. The summed E-state index contributed by atoms with van der Waals surface area (Å²) in [6.07, 6.45) is -4.11. The van der Waals surface area contributed by atoms with E-state index in [-0.39, 0.29) is 11.6 Å². The minimum atomic E-state index is -4.71. The highest BCUT2D eigenvalue weighted by molar-refractivity contribution is 5.98. The summed E-state index contributed by atoms with van der Waals surface area (Å²) < 4.78 is 37.9. The summed E-state index contributed by atoms with van der Waals surface area (Å²) in [7, 11) is 3.71. The largest absolute Gasteiger partial charge is 0.416 e. The molecule has 1 N–H and O–H groups in total. The normalized spacial score (nSPS) is 13.0. The van der Waals surface area contributed by atoms with Gasteiger partial charge in [-0.1, -0.05) is 0 Å².